The van der Waals surface area contributed by atoms with Gasteiger partial charge < -0.3 is 4.90 Å². The number of carbonyl (C=O) groups is 1. The van der Waals surface area contributed by atoms with Gasteiger partial charge in [-0.2, -0.15) is 0 Å². The van der Waals surface area contributed by atoms with Crippen LogP contribution in [0.15, 0.2) is 71.6 Å². The van der Waals surface area contributed by atoms with Gasteiger partial charge in [0.1, 0.15) is 10.6 Å². The molecule has 0 unspecified atom stereocenters. The molecular formula is C24H22Cl2N2O3S. The molecule has 1 aliphatic heterocycles. The highest BCUT2D eigenvalue weighted by Crippen LogP contribution is 2.31. The van der Waals surface area contributed by atoms with Gasteiger partial charge in [-0.25, -0.2) is 13.4 Å². The highest BCUT2D eigenvalue weighted by Gasteiger charge is 2.26. The summed E-state index contributed by atoms with van der Waals surface area (Å²) in [6, 6.07) is 19.7. The summed E-state index contributed by atoms with van der Waals surface area (Å²) in [5, 5.41) is 0.122. The predicted octanol–water partition coefficient (Wildman–Crippen LogP) is 5.38. The number of hydrogen-bond donors (Lipinski definition) is 0. The lowest BCUT2D eigenvalue weighted by atomic mass is 9.89. The van der Waals surface area contributed by atoms with E-state index in [2.05, 4.69) is 17.1 Å². The minimum atomic E-state index is -3.83. The molecule has 1 amide bonds. The van der Waals surface area contributed by atoms with Crippen molar-refractivity contribution in [2.75, 3.05) is 13.1 Å². The summed E-state index contributed by atoms with van der Waals surface area (Å²) in [6.07, 6.45) is 1.77. The molecule has 2 heterocycles. The van der Waals surface area contributed by atoms with Crippen LogP contribution in [0, 0.1) is 0 Å². The van der Waals surface area contributed by atoms with Gasteiger partial charge >= 0.3 is 0 Å². The minimum absolute atomic E-state index is 0.0611. The van der Waals surface area contributed by atoms with Crippen LogP contribution < -0.4 is 0 Å². The van der Waals surface area contributed by atoms with Crippen molar-refractivity contribution in [3.05, 3.63) is 93.7 Å². The van der Waals surface area contributed by atoms with E-state index in [0.29, 0.717) is 19.0 Å². The second-order valence-electron chi connectivity index (χ2n) is 7.80. The first-order valence-corrected chi connectivity index (χ1v) is 12.7. The minimum Gasteiger partial charge on any atom is -0.337 e. The first-order chi connectivity index (χ1) is 15.3. The zero-order valence-corrected chi connectivity index (χ0v) is 19.6. The summed E-state index contributed by atoms with van der Waals surface area (Å²) in [7, 11) is -3.83. The Bertz CT molecular complexity index is 1200. The molecule has 5 nitrogen and oxygen atoms in total. The third-order valence-electron chi connectivity index (χ3n) is 5.65. The number of aromatic nitrogens is 1. The smallest absolute Gasteiger partial charge is 0.272 e. The number of amides is 1. The van der Waals surface area contributed by atoms with Crippen LogP contribution in [0.2, 0.25) is 10.0 Å². The van der Waals surface area contributed by atoms with E-state index in [4.69, 9.17) is 23.2 Å². The van der Waals surface area contributed by atoms with Crippen molar-refractivity contribution in [1.29, 1.82) is 0 Å². The lowest BCUT2D eigenvalue weighted by Gasteiger charge is -2.32. The molecule has 3 aromatic rings. The average molecular weight is 489 g/mol. The number of likely N-dealkylation sites (tertiary alicyclic amines) is 1. The molecule has 0 N–H and O–H groups in total. The van der Waals surface area contributed by atoms with Crippen LogP contribution in [0.3, 0.4) is 0 Å². The SMILES string of the molecule is O=C(c1cccc(CS(=O)(=O)c2c(Cl)cccc2Cl)n1)N1CCC(c2ccccc2)CC1. The maximum absolute atomic E-state index is 13.0. The van der Waals surface area contributed by atoms with Crippen LogP contribution in [-0.2, 0) is 15.6 Å². The molecule has 32 heavy (non-hydrogen) atoms. The van der Waals surface area contributed by atoms with Crippen LogP contribution in [0.1, 0.15) is 40.5 Å². The highest BCUT2D eigenvalue weighted by molar-refractivity contribution is 7.90. The fourth-order valence-electron chi connectivity index (χ4n) is 4.03. The Morgan fingerprint density at radius 1 is 0.906 bits per heavy atom. The molecule has 0 saturated carbocycles. The lowest BCUT2D eigenvalue weighted by molar-refractivity contribution is 0.0706. The number of carbonyl (C=O) groups excluding carboxylic acids is 1. The van der Waals surface area contributed by atoms with Gasteiger partial charge in [-0.1, -0.05) is 65.7 Å². The molecule has 0 atom stereocenters. The van der Waals surface area contributed by atoms with E-state index < -0.39 is 15.6 Å². The quantitative estimate of drug-likeness (QED) is 0.483. The lowest BCUT2D eigenvalue weighted by Crippen LogP contribution is -2.38. The van der Waals surface area contributed by atoms with Gasteiger partial charge in [-0.3, -0.25) is 4.79 Å². The van der Waals surface area contributed by atoms with E-state index in [1.165, 1.54) is 17.7 Å². The molecule has 2 aromatic carbocycles. The maximum atomic E-state index is 13.0. The van der Waals surface area contributed by atoms with Gasteiger partial charge in [0.2, 0.25) is 0 Å². The largest absolute Gasteiger partial charge is 0.337 e. The summed E-state index contributed by atoms with van der Waals surface area (Å²) in [6.45, 7) is 1.27. The van der Waals surface area contributed by atoms with Crippen LogP contribution >= 0.6 is 23.2 Å². The highest BCUT2D eigenvalue weighted by atomic mass is 35.5. The Morgan fingerprint density at radius 2 is 1.53 bits per heavy atom. The molecule has 0 spiro atoms. The summed E-state index contributed by atoms with van der Waals surface area (Å²) in [5.74, 6) is -0.148. The number of sulfone groups is 1. The first-order valence-electron chi connectivity index (χ1n) is 10.3. The van der Waals surface area contributed by atoms with Crippen molar-refractivity contribution in [1.82, 2.24) is 9.88 Å². The van der Waals surface area contributed by atoms with Gasteiger partial charge in [-0.05, 0) is 48.6 Å². The Balaban J connectivity index is 1.47. The Hall–Kier alpha value is -2.41. The van der Waals surface area contributed by atoms with E-state index in [1.807, 2.05) is 18.2 Å². The number of piperidine rings is 1. The van der Waals surface area contributed by atoms with E-state index in [1.54, 1.807) is 29.2 Å². The van der Waals surface area contributed by atoms with Crippen LogP contribution in [0.4, 0.5) is 0 Å². The molecule has 1 aromatic heterocycles. The predicted molar refractivity (Wildman–Crippen MR) is 126 cm³/mol. The van der Waals surface area contributed by atoms with Crippen molar-refractivity contribution < 1.29 is 13.2 Å². The van der Waals surface area contributed by atoms with Gasteiger partial charge in [-0.15, -0.1) is 0 Å². The number of hydrogen-bond acceptors (Lipinski definition) is 4. The van der Waals surface area contributed by atoms with Crippen molar-refractivity contribution in [2.24, 2.45) is 0 Å². The van der Waals surface area contributed by atoms with Crippen molar-refractivity contribution in [2.45, 2.75) is 29.4 Å². The van der Waals surface area contributed by atoms with Gasteiger partial charge in [0.25, 0.3) is 5.91 Å². The van der Waals surface area contributed by atoms with Crippen molar-refractivity contribution >= 4 is 38.9 Å². The van der Waals surface area contributed by atoms with Gasteiger partial charge in [0, 0.05) is 13.1 Å². The standard InChI is InChI=1S/C24H22Cl2N2O3S/c25-20-9-5-10-21(26)23(20)32(30,31)16-19-8-4-11-22(27-19)24(29)28-14-12-18(13-15-28)17-6-2-1-3-7-17/h1-11,18H,12-16H2. The average Bonchev–Trinajstić information content (AvgIpc) is 2.79. The van der Waals surface area contributed by atoms with E-state index in [9.17, 15) is 13.2 Å². The Morgan fingerprint density at radius 3 is 2.19 bits per heavy atom. The first kappa shape index (κ1) is 22.8. The van der Waals surface area contributed by atoms with E-state index in [0.717, 1.165) is 12.8 Å². The maximum Gasteiger partial charge on any atom is 0.272 e. The van der Waals surface area contributed by atoms with Crippen molar-refractivity contribution in [3.8, 4) is 0 Å². The molecule has 4 rings (SSSR count). The Kier molecular flexibility index (Phi) is 6.84. The molecule has 0 bridgehead atoms. The number of rotatable bonds is 5. The number of benzene rings is 2. The molecule has 0 radical (unpaired) electrons. The monoisotopic (exact) mass is 488 g/mol. The molecule has 166 valence electrons. The summed E-state index contributed by atoms with van der Waals surface area (Å²) in [4.78, 5) is 19.0. The molecule has 1 saturated heterocycles. The number of halogens is 2. The Labute approximate surface area is 197 Å². The zero-order chi connectivity index (χ0) is 22.7. The molecular weight excluding hydrogens is 467 g/mol. The van der Waals surface area contributed by atoms with Crippen LogP contribution in [0.5, 0.6) is 0 Å². The number of pyridine rings is 1. The van der Waals surface area contributed by atoms with Gasteiger partial charge in [0.05, 0.1) is 21.5 Å². The van der Waals surface area contributed by atoms with E-state index in [-0.39, 0.29) is 32.2 Å². The topological polar surface area (TPSA) is 67.3 Å². The molecule has 0 aliphatic carbocycles. The molecule has 8 heteroatoms. The second-order valence-corrected chi connectivity index (χ2v) is 10.5. The summed E-state index contributed by atoms with van der Waals surface area (Å²) in [5.41, 5.74) is 1.80. The van der Waals surface area contributed by atoms with Crippen LogP contribution in [-0.4, -0.2) is 37.3 Å². The van der Waals surface area contributed by atoms with Crippen molar-refractivity contribution in [3.63, 3.8) is 0 Å². The van der Waals surface area contributed by atoms with Crippen LogP contribution in [0.25, 0.3) is 0 Å². The second kappa shape index (κ2) is 9.61. The molecule has 1 fully saturated rings. The fourth-order valence-corrected chi connectivity index (χ4v) is 6.56. The summed E-state index contributed by atoms with van der Waals surface area (Å²) < 4.78 is 25.8. The zero-order valence-electron chi connectivity index (χ0n) is 17.2. The van der Waals surface area contributed by atoms with E-state index >= 15 is 0 Å². The normalized spacial score (nSPS) is 15.0. The summed E-state index contributed by atoms with van der Waals surface area (Å²) >= 11 is 12.1. The molecule has 1 aliphatic rings. The fraction of sp³-hybridized carbons (Fsp3) is 0.250. The number of nitrogens with zero attached hydrogens (tertiary/aromatic N) is 2. The third-order valence-corrected chi connectivity index (χ3v) is 8.24. The third kappa shape index (κ3) is 4.98. The van der Waals surface area contributed by atoms with Gasteiger partial charge in [0.15, 0.2) is 9.84 Å².